The molecule has 0 fully saturated rings. The zero-order valence-electron chi connectivity index (χ0n) is 16.4. The maximum absolute atomic E-state index is 12.9. The lowest BCUT2D eigenvalue weighted by Crippen LogP contribution is -2.31. The first kappa shape index (κ1) is 21.4. The Morgan fingerprint density at radius 3 is 2.66 bits per heavy atom. The molecular weight excluding hydrogens is 408 g/mol. The summed E-state index contributed by atoms with van der Waals surface area (Å²) in [6, 6.07) is 12.8. The molecule has 2 amide bonds. The highest BCUT2D eigenvalue weighted by molar-refractivity contribution is 8.00. The Kier molecular flexibility index (Phi) is 6.64. The second-order valence-corrected chi connectivity index (χ2v) is 10.5. The molecule has 1 aliphatic rings. The molecule has 0 radical (unpaired) electrons. The highest BCUT2D eigenvalue weighted by Crippen LogP contribution is 2.34. The lowest BCUT2D eigenvalue weighted by Gasteiger charge is -2.18. The van der Waals surface area contributed by atoms with E-state index in [4.69, 9.17) is 0 Å². The van der Waals surface area contributed by atoms with E-state index in [2.05, 4.69) is 10.6 Å². The molecule has 0 saturated carbocycles. The van der Waals surface area contributed by atoms with Crippen molar-refractivity contribution in [3.8, 4) is 0 Å². The summed E-state index contributed by atoms with van der Waals surface area (Å²) in [4.78, 5) is 24.7. The molecule has 8 heteroatoms. The summed E-state index contributed by atoms with van der Waals surface area (Å²) in [6.07, 6.45) is 0.573. The number of amides is 2. The number of aryl methyl sites for hydroxylation is 1. The number of nitrogens with one attached hydrogen (secondary N) is 2. The summed E-state index contributed by atoms with van der Waals surface area (Å²) in [7, 11) is -3.69. The van der Waals surface area contributed by atoms with E-state index >= 15 is 0 Å². The van der Waals surface area contributed by atoms with Gasteiger partial charge in [-0.05, 0) is 44.0 Å². The number of hydrogen-bond donors (Lipinski definition) is 2. The number of anilines is 1. The van der Waals surface area contributed by atoms with Crippen LogP contribution in [-0.4, -0.2) is 37.8 Å². The van der Waals surface area contributed by atoms with E-state index in [1.807, 2.05) is 31.2 Å². The van der Waals surface area contributed by atoms with Crippen LogP contribution in [0.15, 0.2) is 52.3 Å². The Balaban J connectivity index is 1.58. The molecule has 2 aromatic carbocycles. The van der Waals surface area contributed by atoms with Crippen LogP contribution in [0.3, 0.4) is 0 Å². The minimum Gasteiger partial charge on any atom is -0.356 e. The van der Waals surface area contributed by atoms with Gasteiger partial charge in [0.15, 0.2) is 9.84 Å². The van der Waals surface area contributed by atoms with E-state index in [1.54, 1.807) is 6.07 Å². The lowest BCUT2D eigenvalue weighted by atomic mass is 10.1. The molecule has 0 spiro atoms. The van der Waals surface area contributed by atoms with Crippen molar-refractivity contribution in [2.75, 3.05) is 17.6 Å². The SMILES string of the molecule is Cc1ccc(CCNC(=O)C[C@@H](C)S(=O)(=O)c2ccc3c(c2)NC(=O)CS3)cc1. The van der Waals surface area contributed by atoms with Gasteiger partial charge in [-0.25, -0.2) is 8.42 Å². The standard InChI is InChI=1S/C21H24N2O4S2/c1-14-3-5-16(6-4-14)9-10-22-20(24)11-15(2)29(26,27)17-7-8-19-18(12-17)23-21(25)13-28-19/h3-8,12,15H,9-11,13H2,1-2H3,(H,22,24)(H,23,25)/t15-/m1/s1. The maximum Gasteiger partial charge on any atom is 0.234 e. The predicted octanol–water partition coefficient (Wildman–Crippen LogP) is 2.95. The molecule has 0 bridgehead atoms. The minimum atomic E-state index is -3.69. The fourth-order valence-corrected chi connectivity index (χ4v) is 5.18. The van der Waals surface area contributed by atoms with Crippen LogP contribution in [0.5, 0.6) is 0 Å². The third kappa shape index (κ3) is 5.39. The molecule has 1 heterocycles. The van der Waals surface area contributed by atoms with Gasteiger partial charge in [0.05, 0.1) is 21.6 Å². The van der Waals surface area contributed by atoms with Crippen LogP contribution in [0.2, 0.25) is 0 Å². The number of fused-ring (bicyclic) bond motifs is 1. The largest absolute Gasteiger partial charge is 0.356 e. The van der Waals surface area contributed by atoms with Crippen LogP contribution in [0.4, 0.5) is 5.69 Å². The summed E-state index contributed by atoms with van der Waals surface area (Å²) in [5.41, 5.74) is 2.80. The van der Waals surface area contributed by atoms with Gasteiger partial charge in [0.25, 0.3) is 0 Å². The highest BCUT2D eigenvalue weighted by Gasteiger charge is 2.27. The van der Waals surface area contributed by atoms with Crippen molar-refractivity contribution in [3.63, 3.8) is 0 Å². The van der Waals surface area contributed by atoms with E-state index in [1.165, 1.54) is 36.4 Å². The monoisotopic (exact) mass is 432 g/mol. The number of thioether (sulfide) groups is 1. The number of hydrogen-bond acceptors (Lipinski definition) is 5. The van der Waals surface area contributed by atoms with Gasteiger partial charge in [-0.2, -0.15) is 0 Å². The average molecular weight is 433 g/mol. The van der Waals surface area contributed by atoms with Crippen LogP contribution >= 0.6 is 11.8 Å². The second-order valence-electron chi connectivity index (χ2n) is 7.14. The van der Waals surface area contributed by atoms with E-state index in [-0.39, 0.29) is 23.1 Å². The molecule has 0 saturated heterocycles. The highest BCUT2D eigenvalue weighted by atomic mass is 32.2. The van der Waals surface area contributed by atoms with Crippen molar-refractivity contribution in [1.82, 2.24) is 5.32 Å². The molecule has 1 aliphatic heterocycles. The van der Waals surface area contributed by atoms with Crippen molar-refractivity contribution in [2.45, 2.75) is 41.7 Å². The Morgan fingerprint density at radius 2 is 1.93 bits per heavy atom. The third-order valence-electron chi connectivity index (χ3n) is 4.77. The first-order chi connectivity index (χ1) is 13.8. The van der Waals surface area contributed by atoms with Gasteiger partial charge in [0.1, 0.15) is 0 Å². The summed E-state index contributed by atoms with van der Waals surface area (Å²) >= 11 is 1.37. The van der Waals surface area contributed by atoms with E-state index in [0.717, 1.165) is 10.5 Å². The molecule has 1 atom stereocenters. The van der Waals surface area contributed by atoms with Crippen LogP contribution in [0.1, 0.15) is 24.5 Å². The summed E-state index contributed by atoms with van der Waals surface area (Å²) in [5.74, 6) is -0.133. The minimum absolute atomic E-state index is 0.110. The molecule has 154 valence electrons. The van der Waals surface area contributed by atoms with Crippen LogP contribution in [0, 0.1) is 6.92 Å². The maximum atomic E-state index is 12.9. The second kappa shape index (κ2) is 9.00. The quantitative estimate of drug-likeness (QED) is 0.702. The number of benzene rings is 2. The van der Waals surface area contributed by atoms with Crippen molar-refractivity contribution in [1.29, 1.82) is 0 Å². The Morgan fingerprint density at radius 1 is 1.21 bits per heavy atom. The fraction of sp³-hybridized carbons (Fsp3) is 0.333. The molecule has 3 rings (SSSR count). The molecule has 0 aromatic heterocycles. The summed E-state index contributed by atoms with van der Waals surface area (Å²) in [5, 5.41) is 4.62. The topological polar surface area (TPSA) is 92.3 Å². The van der Waals surface area contributed by atoms with Gasteiger partial charge in [-0.1, -0.05) is 29.8 Å². The van der Waals surface area contributed by atoms with Crippen LogP contribution in [-0.2, 0) is 25.8 Å². The smallest absolute Gasteiger partial charge is 0.234 e. The van der Waals surface area contributed by atoms with Crippen molar-refractivity contribution in [2.24, 2.45) is 0 Å². The van der Waals surface area contributed by atoms with Gasteiger partial charge in [0, 0.05) is 17.9 Å². The van der Waals surface area contributed by atoms with Gasteiger partial charge in [0.2, 0.25) is 11.8 Å². The van der Waals surface area contributed by atoms with Crippen LogP contribution < -0.4 is 10.6 Å². The normalized spacial score (nSPS) is 14.6. The van der Waals surface area contributed by atoms with E-state index in [9.17, 15) is 18.0 Å². The Bertz CT molecular complexity index is 1020. The Hall–Kier alpha value is -2.32. The fourth-order valence-electron chi connectivity index (χ4n) is 3.02. The van der Waals surface area contributed by atoms with Gasteiger partial charge in [-0.3, -0.25) is 9.59 Å². The van der Waals surface area contributed by atoms with E-state index < -0.39 is 15.1 Å². The molecular formula is C21H24N2O4S2. The average Bonchev–Trinajstić information content (AvgIpc) is 2.68. The number of carbonyl (C=O) groups excluding carboxylic acids is 2. The summed E-state index contributed by atoms with van der Waals surface area (Å²) in [6.45, 7) is 4.00. The molecule has 6 nitrogen and oxygen atoms in total. The third-order valence-corrected chi connectivity index (χ3v) is 7.98. The number of rotatable bonds is 7. The zero-order valence-corrected chi connectivity index (χ0v) is 18.0. The number of sulfone groups is 1. The molecule has 0 unspecified atom stereocenters. The van der Waals surface area contributed by atoms with E-state index in [0.29, 0.717) is 24.4 Å². The zero-order chi connectivity index (χ0) is 21.0. The van der Waals surface area contributed by atoms with Crippen LogP contribution in [0.25, 0.3) is 0 Å². The summed E-state index contributed by atoms with van der Waals surface area (Å²) < 4.78 is 25.7. The molecule has 2 N–H and O–H groups in total. The predicted molar refractivity (Wildman–Crippen MR) is 115 cm³/mol. The Labute approximate surface area is 175 Å². The van der Waals surface area contributed by atoms with Crippen molar-refractivity contribution < 1.29 is 18.0 Å². The molecule has 2 aromatic rings. The van der Waals surface area contributed by atoms with Gasteiger partial charge < -0.3 is 10.6 Å². The van der Waals surface area contributed by atoms with Crippen molar-refractivity contribution in [3.05, 3.63) is 53.6 Å². The molecule has 0 aliphatic carbocycles. The first-order valence-corrected chi connectivity index (χ1v) is 11.9. The van der Waals surface area contributed by atoms with Gasteiger partial charge >= 0.3 is 0 Å². The first-order valence-electron chi connectivity index (χ1n) is 9.38. The van der Waals surface area contributed by atoms with Gasteiger partial charge in [-0.15, -0.1) is 11.8 Å². The molecule has 29 heavy (non-hydrogen) atoms. The van der Waals surface area contributed by atoms with Crippen molar-refractivity contribution >= 4 is 39.1 Å². The number of carbonyl (C=O) groups is 2. The lowest BCUT2D eigenvalue weighted by molar-refractivity contribution is -0.121.